The van der Waals surface area contributed by atoms with E-state index < -0.39 is 60.2 Å². The Kier molecular flexibility index (Phi) is 13.9. The van der Waals surface area contributed by atoms with Crippen LogP contribution in [-0.2, 0) is 30.4 Å². The fraction of sp³-hybridized carbons (Fsp3) is 0.520. The number of phenols is 1. The van der Waals surface area contributed by atoms with E-state index in [1.807, 2.05) is 13.8 Å². The first-order valence-corrected chi connectivity index (χ1v) is 12.6. The molecule has 1 rings (SSSR count). The number of hydrogen-bond donors (Lipinski definition) is 9. The number of rotatable bonds is 17. The molecule has 4 unspecified atom stereocenters. The fourth-order valence-corrected chi connectivity index (χ4v) is 3.65. The van der Waals surface area contributed by atoms with Crippen LogP contribution < -0.4 is 33.2 Å². The minimum Gasteiger partial charge on any atom is -0.508 e. The summed E-state index contributed by atoms with van der Waals surface area (Å²) in [6.07, 6.45) is -0.344. The molecule has 40 heavy (non-hydrogen) atoms. The Morgan fingerprint density at radius 2 is 1.43 bits per heavy atom. The van der Waals surface area contributed by atoms with E-state index in [2.05, 4.69) is 20.9 Å². The molecule has 0 heterocycles. The van der Waals surface area contributed by atoms with E-state index in [4.69, 9.17) is 22.3 Å². The molecule has 222 valence electrons. The first-order chi connectivity index (χ1) is 18.7. The van der Waals surface area contributed by atoms with Crippen LogP contribution in [0.5, 0.6) is 5.75 Å². The molecule has 4 atom stereocenters. The van der Waals surface area contributed by atoms with Crippen molar-refractivity contribution in [2.75, 3.05) is 6.54 Å². The van der Waals surface area contributed by atoms with Gasteiger partial charge in [0.25, 0.3) is 0 Å². The second-order valence-corrected chi connectivity index (χ2v) is 9.68. The molecule has 0 saturated heterocycles. The molecule has 15 nitrogen and oxygen atoms in total. The predicted octanol–water partition coefficient (Wildman–Crippen LogP) is -1.62. The van der Waals surface area contributed by atoms with Crippen LogP contribution in [0, 0.1) is 5.92 Å². The van der Waals surface area contributed by atoms with Gasteiger partial charge in [0.05, 0.1) is 12.5 Å². The molecular weight excluding hydrogens is 526 g/mol. The Bertz CT molecular complexity index is 1060. The number of aliphatic carboxylic acids is 2. The molecule has 0 radical (unpaired) electrons. The molecule has 12 N–H and O–H groups in total. The van der Waals surface area contributed by atoms with Gasteiger partial charge in [0, 0.05) is 6.54 Å². The predicted molar refractivity (Wildman–Crippen MR) is 145 cm³/mol. The van der Waals surface area contributed by atoms with Crippen LogP contribution in [0.15, 0.2) is 29.3 Å². The molecule has 0 aliphatic carbocycles. The van der Waals surface area contributed by atoms with Gasteiger partial charge in [-0.1, -0.05) is 26.0 Å². The third-order valence-corrected chi connectivity index (χ3v) is 5.64. The molecule has 0 aliphatic rings. The summed E-state index contributed by atoms with van der Waals surface area (Å²) in [5.41, 5.74) is 17.3. The van der Waals surface area contributed by atoms with Crippen molar-refractivity contribution in [3.63, 3.8) is 0 Å². The number of nitrogens with one attached hydrogen (secondary N) is 3. The Morgan fingerprint density at radius 1 is 0.875 bits per heavy atom. The minimum absolute atomic E-state index is 0.0174. The van der Waals surface area contributed by atoms with Crippen LogP contribution in [0.2, 0.25) is 0 Å². The van der Waals surface area contributed by atoms with Gasteiger partial charge < -0.3 is 48.5 Å². The van der Waals surface area contributed by atoms with Crippen LogP contribution in [0.4, 0.5) is 0 Å². The maximum absolute atomic E-state index is 13.2. The lowest BCUT2D eigenvalue weighted by Gasteiger charge is -2.26. The summed E-state index contributed by atoms with van der Waals surface area (Å²) in [6, 6.07) is 1.03. The smallest absolute Gasteiger partial charge is 0.326 e. The van der Waals surface area contributed by atoms with Gasteiger partial charge in [-0.05, 0) is 49.3 Å². The van der Waals surface area contributed by atoms with Gasteiger partial charge in [0.1, 0.15) is 23.9 Å². The van der Waals surface area contributed by atoms with Crippen LogP contribution in [0.3, 0.4) is 0 Å². The van der Waals surface area contributed by atoms with Crippen molar-refractivity contribution in [3.8, 4) is 5.75 Å². The van der Waals surface area contributed by atoms with Crippen molar-refractivity contribution in [1.29, 1.82) is 0 Å². The zero-order valence-electron chi connectivity index (χ0n) is 22.5. The van der Waals surface area contributed by atoms with E-state index in [1.165, 1.54) is 12.1 Å². The van der Waals surface area contributed by atoms with Crippen LogP contribution >= 0.6 is 0 Å². The van der Waals surface area contributed by atoms with Gasteiger partial charge in [-0.3, -0.25) is 24.2 Å². The van der Waals surface area contributed by atoms with Gasteiger partial charge in [-0.25, -0.2) is 4.79 Å². The number of benzene rings is 1. The first kappa shape index (κ1) is 33.6. The third-order valence-electron chi connectivity index (χ3n) is 5.64. The van der Waals surface area contributed by atoms with Crippen molar-refractivity contribution >= 4 is 35.6 Å². The number of nitrogens with two attached hydrogens (primary N) is 3. The van der Waals surface area contributed by atoms with E-state index in [1.54, 1.807) is 12.1 Å². The quantitative estimate of drug-likeness (QED) is 0.0587. The van der Waals surface area contributed by atoms with Crippen molar-refractivity contribution in [3.05, 3.63) is 29.8 Å². The lowest BCUT2D eigenvalue weighted by Crippen LogP contribution is -2.57. The van der Waals surface area contributed by atoms with Crippen molar-refractivity contribution in [2.24, 2.45) is 28.1 Å². The number of amides is 3. The summed E-state index contributed by atoms with van der Waals surface area (Å²) in [7, 11) is 0. The lowest BCUT2D eigenvalue weighted by molar-refractivity contribution is -0.147. The summed E-state index contributed by atoms with van der Waals surface area (Å²) in [6.45, 7) is 3.76. The highest BCUT2D eigenvalue weighted by atomic mass is 16.4. The van der Waals surface area contributed by atoms with E-state index in [0.29, 0.717) is 5.56 Å². The number of guanidine groups is 1. The molecule has 0 aromatic heterocycles. The number of aliphatic imine (C=N–C) groups is 1. The number of carboxylic acid groups (broad SMARTS) is 2. The van der Waals surface area contributed by atoms with Gasteiger partial charge in [0.2, 0.25) is 17.7 Å². The Hall–Kier alpha value is -4.40. The standard InChI is InChI=1S/C25H39N7O8/c1-13(2)10-18(31-21(36)16(26)11-14-5-7-15(33)8-6-14)23(38)30-17(4-3-9-29-25(27)28)22(37)32-19(24(39)40)12-20(34)35/h5-8,13,16-19,33H,3-4,9-12,26H2,1-2H3,(H,30,38)(H,31,36)(H,32,37)(H,34,35)(H,39,40)(H4,27,28,29). The second-order valence-electron chi connectivity index (χ2n) is 9.68. The Labute approximate surface area is 231 Å². The third kappa shape index (κ3) is 12.9. The molecule has 0 bridgehead atoms. The summed E-state index contributed by atoms with van der Waals surface area (Å²) in [5, 5.41) is 34.9. The number of carbonyl (C=O) groups excluding carboxylic acids is 3. The van der Waals surface area contributed by atoms with E-state index in [-0.39, 0.29) is 49.9 Å². The summed E-state index contributed by atoms with van der Waals surface area (Å²) >= 11 is 0. The number of carboxylic acids is 2. The van der Waals surface area contributed by atoms with E-state index in [9.17, 15) is 34.2 Å². The highest BCUT2D eigenvalue weighted by Gasteiger charge is 2.31. The summed E-state index contributed by atoms with van der Waals surface area (Å²) in [4.78, 5) is 65.2. The largest absolute Gasteiger partial charge is 0.508 e. The number of aromatic hydroxyl groups is 1. The Balaban J connectivity index is 3.04. The maximum atomic E-state index is 13.2. The summed E-state index contributed by atoms with van der Waals surface area (Å²) < 4.78 is 0. The van der Waals surface area contributed by atoms with Crippen LogP contribution in [0.25, 0.3) is 0 Å². The number of nitrogens with zero attached hydrogens (tertiary/aromatic N) is 1. The van der Waals surface area contributed by atoms with Gasteiger partial charge in [0.15, 0.2) is 5.96 Å². The SMILES string of the molecule is CC(C)CC(NC(=O)C(N)Cc1ccc(O)cc1)C(=O)NC(CCCN=C(N)N)C(=O)NC(CC(=O)O)C(=O)O. The topological polar surface area (TPSA) is 273 Å². The Morgan fingerprint density at radius 3 is 1.95 bits per heavy atom. The van der Waals surface area contributed by atoms with Gasteiger partial charge >= 0.3 is 11.9 Å². The maximum Gasteiger partial charge on any atom is 0.326 e. The van der Waals surface area contributed by atoms with Crippen LogP contribution in [0.1, 0.15) is 45.1 Å². The molecule has 15 heteroatoms. The lowest BCUT2D eigenvalue weighted by atomic mass is 10.0. The highest BCUT2D eigenvalue weighted by Crippen LogP contribution is 2.12. The number of hydrogen-bond acceptors (Lipinski definition) is 8. The number of phenolic OH excluding ortho intramolecular Hbond substituents is 1. The number of carbonyl (C=O) groups is 5. The average Bonchev–Trinajstić information content (AvgIpc) is 2.85. The van der Waals surface area contributed by atoms with Gasteiger partial charge in [-0.15, -0.1) is 0 Å². The summed E-state index contributed by atoms with van der Waals surface area (Å²) in [5.74, 6) is -5.43. The zero-order chi connectivity index (χ0) is 30.4. The van der Waals surface area contributed by atoms with Crippen LogP contribution in [-0.4, -0.2) is 81.7 Å². The van der Waals surface area contributed by atoms with E-state index in [0.717, 1.165) is 0 Å². The van der Waals surface area contributed by atoms with Crippen molar-refractivity contribution < 1.29 is 39.3 Å². The molecule has 1 aromatic rings. The molecule has 0 spiro atoms. The minimum atomic E-state index is -1.73. The molecule has 3 amide bonds. The highest BCUT2D eigenvalue weighted by molar-refractivity contribution is 5.94. The molecule has 0 aliphatic heterocycles. The average molecular weight is 566 g/mol. The molecule has 0 fully saturated rings. The van der Waals surface area contributed by atoms with Crippen molar-refractivity contribution in [2.45, 2.75) is 70.1 Å². The fourth-order valence-electron chi connectivity index (χ4n) is 3.65. The van der Waals surface area contributed by atoms with Crippen molar-refractivity contribution in [1.82, 2.24) is 16.0 Å². The van der Waals surface area contributed by atoms with Gasteiger partial charge in [-0.2, -0.15) is 0 Å². The normalized spacial score (nSPS) is 13.8. The second kappa shape index (κ2) is 16.5. The van der Waals surface area contributed by atoms with E-state index >= 15 is 0 Å². The molecule has 1 aromatic carbocycles. The monoisotopic (exact) mass is 565 g/mol. The molecular formula is C25H39N7O8. The molecule has 0 saturated carbocycles. The zero-order valence-corrected chi connectivity index (χ0v) is 22.5. The first-order valence-electron chi connectivity index (χ1n) is 12.6.